The van der Waals surface area contributed by atoms with Crippen molar-refractivity contribution >= 4 is 11.9 Å². The number of carboxylic acid groups (broad SMARTS) is 1. The Morgan fingerprint density at radius 1 is 1.50 bits per heavy atom. The van der Waals surface area contributed by atoms with Crippen LogP contribution in [-0.2, 0) is 14.3 Å². The van der Waals surface area contributed by atoms with Crippen LogP contribution in [0.4, 0.5) is 4.39 Å². The minimum absolute atomic E-state index is 0.170. The smallest absolute Gasteiger partial charge is 0.311 e. The Kier molecular flexibility index (Phi) is 2.60. The van der Waals surface area contributed by atoms with Gasteiger partial charge in [0.15, 0.2) is 0 Å². The second-order valence-corrected chi connectivity index (χ2v) is 3.61. The standard InChI is InChI=1S/C11H9FO4/c12-7-3-1-2-6(4-7)10-8(11(14)15)5-9(13)16-10/h1-4,8,10H,5H2,(H,14,15)/t8-,10+/m1/s1. The number of aliphatic carboxylic acids is 1. The van der Waals surface area contributed by atoms with Gasteiger partial charge in [0, 0.05) is 0 Å². The Hall–Kier alpha value is -1.91. The molecule has 5 heteroatoms. The van der Waals surface area contributed by atoms with Crippen LogP contribution in [0, 0.1) is 11.7 Å². The van der Waals surface area contributed by atoms with E-state index >= 15 is 0 Å². The van der Waals surface area contributed by atoms with Crippen LogP contribution in [0.5, 0.6) is 0 Å². The van der Waals surface area contributed by atoms with Gasteiger partial charge >= 0.3 is 11.9 Å². The minimum atomic E-state index is -1.11. The Morgan fingerprint density at radius 3 is 2.88 bits per heavy atom. The summed E-state index contributed by atoms with van der Waals surface area (Å²) in [5, 5.41) is 8.91. The first-order valence-electron chi connectivity index (χ1n) is 4.75. The van der Waals surface area contributed by atoms with Crippen LogP contribution in [0.15, 0.2) is 24.3 Å². The highest BCUT2D eigenvalue weighted by molar-refractivity contribution is 5.82. The number of carbonyl (C=O) groups excluding carboxylic acids is 1. The summed E-state index contributed by atoms with van der Waals surface area (Å²) in [5.41, 5.74) is 0.373. The van der Waals surface area contributed by atoms with Gasteiger partial charge in [0.2, 0.25) is 0 Å². The van der Waals surface area contributed by atoms with Gasteiger partial charge in [-0.3, -0.25) is 9.59 Å². The molecule has 84 valence electrons. The summed E-state index contributed by atoms with van der Waals surface area (Å²) < 4.78 is 17.8. The molecule has 0 radical (unpaired) electrons. The van der Waals surface area contributed by atoms with Gasteiger partial charge in [-0.15, -0.1) is 0 Å². The molecule has 4 nitrogen and oxygen atoms in total. The number of halogens is 1. The van der Waals surface area contributed by atoms with E-state index in [2.05, 4.69) is 0 Å². The van der Waals surface area contributed by atoms with Crippen molar-refractivity contribution in [1.82, 2.24) is 0 Å². The fourth-order valence-electron chi connectivity index (χ4n) is 1.76. The Bertz CT molecular complexity index is 443. The molecule has 1 fully saturated rings. The van der Waals surface area contributed by atoms with Crippen LogP contribution in [0.2, 0.25) is 0 Å². The van der Waals surface area contributed by atoms with E-state index in [9.17, 15) is 14.0 Å². The number of carbonyl (C=O) groups is 2. The van der Waals surface area contributed by atoms with Crippen LogP contribution >= 0.6 is 0 Å². The zero-order chi connectivity index (χ0) is 11.7. The number of benzene rings is 1. The molecular weight excluding hydrogens is 215 g/mol. The van der Waals surface area contributed by atoms with Gasteiger partial charge in [-0.05, 0) is 17.7 Å². The first-order chi connectivity index (χ1) is 7.58. The minimum Gasteiger partial charge on any atom is -0.481 e. The van der Waals surface area contributed by atoms with Gasteiger partial charge in [-0.1, -0.05) is 12.1 Å². The van der Waals surface area contributed by atoms with Gasteiger partial charge < -0.3 is 9.84 Å². The van der Waals surface area contributed by atoms with E-state index < -0.39 is 29.8 Å². The largest absolute Gasteiger partial charge is 0.481 e. The molecular formula is C11H9FO4. The molecule has 1 aliphatic heterocycles. The second-order valence-electron chi connectivity index (χ2n) is 3.61. The Morgan fingerprint density at radius 2 is 2.25 bits per heavy atom. The third-order valence-corrected chi connectivity index (χ3v) is 2.50. The molecule has 0 aromatic heterocycles. The number of cyclic esters (lactones) is 1. The third-order valence-electron chi connectivity index (χ3n) is 2.50. The number of ether oxygens (including phenoxy) is 1. The molecule has 0 saturated carbocycles. The van der Waals surface area contributed by atoms with Crippen molar-refractivity contribution in [2.45, 2.75) is 12.5 Å². The molecule has 1 aliphatic rings. The predicted molar refractivity (Wildman–Crippen MR) is 51.0 cm³/mol. The van der Waals surface area contributed by atoms with Gasteiger partial charge in [-0.2, -0.15) is 0 Å². The molecule has 0 amide bonds. The average Bonchev–Trinajstić information content (AvgIpc) is 2.60. The van der Waals surface area contributed by atoms with Crippen molar-refractivity contribution < 1.29 is 23.8 Å². The number of esters is 1. The van der Waals surface area contributed by atoms with E-state index in [4.69, 9.17) is 9.84 Å². The highest BCUT2D eigenvalue weighted by atomic mass is 19.1. The van der Waals surface area contributed by atoms with Crippen LogP contribution in [0.3, 0.4) is 0 Å². The van der Waals surface area contributed by atoms with Crippen molar-refractivity contribution in [1.29, 1.82) is 0 Å². The van der Waals surface area contributed by atoms with Crippen molar-refractivity contribution in [3.63, 3.8) is 0 Å². The maximum atomic E-state index is 13.0. The first kappa shape index (κ1) is 10.6. The molecule has 2 atom stereocenters. The molecule has 0 spiro atoms. The van der Waals surface area contributed by atoms with Crippen LogP contribution in [0.1, 0.15) is 18.1 Å². The first-order valence-corrected chi connectivity index (χ1v) is 4.75. The average molecular weight is 224 g/mol. The molecule has 2 rings (SSSR count). The van der Waals surface area contributed by atoms with Crippen LogP contribution < -0.4 is 0 Å². The van der Waals surface area contributed by atoms with Crippen molar-refractivity contribution in [2.75, 3.05) is 0 Å². The van der Waals surface area contributed by atoms with Gasteiger partial charge in [0.25, 0.3) is 0 Å². The molecule has 16 heavy (non-hydrogen) atoms. The Balaban J connectivity index is 2.32. The van der Waals surface area contributed by atoms with Crippen molar-refractivity contribution in [3.05, 3.63) is 35.6 Å². The number of hydrogen-bond acceptors (Lipinski definition) is 3. The van der Waals surface area contributed by atoms with Gasteiger partial charge in [0.1, 0.15) is 17.8 Å². The summed E-state index contributed by atoms with van der Waals surface area (Å²) >= 11 is 0. The molecule has 0 bridgehead atoms. The van der Waals surface area contributed by atoms with Gasteiger partial charge in [-0.25, -0.2) is 4.39 Å². The monoisotopic (exact) mass is 224 g/mol. The summed E-state index contributed by atoms with van der Waals surface area (Å²) in [5.74, 6) is -3.10. The van der Waals surface area contributed by atoms with Crippen LogP contribution in [0.25, 0.3) is 0 Å². The summed E-state index contributed by atoms with van der Waals surface area (Å²) in [6, 6.07) is 5.42. The maximum Gasteiger partial charge on any atom is 0.311 e. The number of carboxylic acids is 1. The number of hydrogen-bond donors (Lipinski definition) is 1. The lowest BCUT2D eigenvalue weighted by Crippen LogP contribution is -2.17. The van der Waals surface area contributed by atoms with Crippen molar-refractivity contribution in [2.24, 2.45) is 5.92 Å². The lowest BCUT2D eigenvalue weighted by molar-refractivity contribution is -0.144. The highest BCUT2D eigenvalue weighted by Gasteiger charge is 2.40. The lowest BCUT2D eigenvalue weighted by atomic mass is 9.95. The summed E-state index contributed by atoms with van der Waals surface area (Å²) in [6.45, 7) is 0. The summed E-state index contributed by atoms with van der Waals surface area (Å²) in [7, 11) is 0. The topological polar surface area (TPSA) is 63.6 Å². The van der Waals surface area contributed by atoms with Crippen molar-refractivity contribution in [3.8, 4) is 0 Å². The zero-order valence-electron chi connectivity index (χ0n) is 8.22. The lowest BCUT2D eigenvalue weighted by Gasteiger charge is -2.14. The van der Waals surface area contributed by atoms with E-state index in [1.807, 2.05) is 0 Å². The number of rotatable bonds is 2. The van der Waals surface area contributed by atoms with E-state index in [-0.39, 0.29) is 6.42 Å². The normalized spacial score (nSPS) is 24.2. The fraction of sp³-hybridized carbons (Fsp3) is 0.273. The van der Waals surface area contributed by atoms with E-state index in [1.165, 1.54) is 18.2 Å². The molecule has 1 aromatic rings. The maximum absolute atomic E-state index is 13.0. The molecule has 1 heterocycles. The molecule has 1 N–H and O–H groups in total. The summed E-state index contributed by atoms with van der Waals surface area (Å²) in [4.78, 5) is 21.9. The fourth-order valence-corrected chi connectivity index (χ4v) is 1.76. The molecule has 0 unspecified atom stereocenters. The molecule has 1 saturated heterocycles. The predicted octanol–water partition coefficient (Wildman–Crippen LogP) is 1.51. The van der Waals surface area contributed by atoms with E-state index in [0.29, 0.717) is 5.56 Å². The SMILES string of the molecule is O=C1C[C@@H](C(=O)O)[C@H](c2cccc(F)c2)O1. The van der Waals surface area contributed by atoms with E-state index in [1.54, 1.807) is 6.07 Å². The zero-order valence-corrected chi connectivity index (χ0v) is 8.22. The van der Waals surface area contributed by atoms with Crippen LogP contribution in [-0.4, -0.2) is 17.0 Å². The Labute approximate surface area is 90.6 Å². The molecule has 1 aromatic carbocycles. The second kappa shape index (κ2) is 3.92. The third kappa shape index (κ3) is 1.88. The van der Waals surface area contributed by atoms with E-state index in [0.717, 1.165) is 0 Å². The highest BCUT2D eigenvalue weighted by Crippen LogP contribution is 2.35. The quantitative estimate of drug-likeness (QED) is 0.773. The summed E-state index contributed by atoms with van der Waals surface area (Å²) in [6.07, 6.45) is -1.06. The van der Waals surface area contributed by atoms with Gasteiger partial charge in [0.05, 0.1) is 6.42 Å². The molecule has 0 aliphatic carbocycles.